The van der Waals surface area contributed by atoms with E-state index in [1.165, 1.54) is 6.07 Å². The van der Waals surface area contributed by atoms with Gasteiger partial charge in [0.15, 0.2) is 5.69 Å². The zero-order chi connectivity index (χ0) is 30.6. The standard InChI is InChI=1S/C33H32FN7O3/c1-3-40-21-36-17-26(40)18-41-30-15-23(33(42)43)7-9-29(30)38-31(41)19-39-13-10-22(11-14-39)27-5-4-12-37-32(27)44-20-24-6-8-25(35-2)16-28(24)34/h4-9,12,15-17,21-22H,3,10-11,13-14,18-20H2,1H3,(H,42,43). The molecule has 3 aromatic heterocycles. The van der Waals surface area contributed by atoms with Crippen molar-refractivity contribution in [2.24, 2.45) is 0 Å². The van der Waals surface area contributed by atoms with Crippen LogP contribution in [-0.4, -0.2) is 53.2 Å². The van der Waals surface area contributed by atoms with Gasteiger partial charge in [-0.2, -0.15) is 0 Å². The number of carboxylic acid groups (broad SMARTS) is 1. The Morgan fingerprint density at radius 2 is 2.00 bits per heavy atom. The average Bonchev–Trinajstić information content (AvgIpc) is 3.64. The third-order valence-electron chi connectivity index (χ3n) is 8.26. The molecule has 1 fully saturated rings. The Bertz CT molecular complexity index is 1850. The lowest BCUT2D eigenvalue weighted by molar-refractivity contribution is 0.0697. The summed E-state index contributed by atoms with van der Waals surface area (Å²) < 4.78 is 24.6. The molecule has 0 unspecified atom stereocenters. The van der Waals surface area contributed by atoms with Gasteiger partial charge < -0.3 is 19.0 Å². The molecule has 6 rings (SSSR count). The minimum atomic E-state index is -0.969. The molecule has 224 valence electrons. The molecular weight excluding hydrogens is 561 g/mol. The lowest BCUT2D eigenvalue weighted by Gasteiger charge is -2.32. The molecule has 1 N–H and O–H groups in total. The zero-order valence-electron chi connectivity index (χ0n) is 24.4. The highest BCUT2D eigenvalue weighted by Gasteiger charge is 2.26. The molecule has 1 aliphatic rings. The van der Waals surface area contributed by atoms with Crippen LogP contribution in [0.3, 0.4) is 0 Å². The fraction of sp³-hybridized carbons (Fsp3) is 0.303. The molecule has 0 aliphatic carbocycles. The van der Waals surface area contributed by atoms with Crippen molar-refractivity contribution < 1.29 is 19.0 Å². The molecule has 2 aromatic carbocycles. The number of piperidine rings is 1. The molecule has 0 saturated carbocycles. The highest BCUT2D eigenvalue weighted by atomic mass is 19.1. The summed E-state index contributed by atoms with van der Waals surface area (Å²) >= 11 is 0. The van der Waals surface area contributed by atoms with Crippen molar-refractivity contribution in [1.29, 1.82) is 0 Å². The fourth-order valence-electron chi connectivity index (χ4n) is 5.83. The first-order valence-electron chi connectivity index (χ1n) is 14.6. The van der Waals surface area contributed by atoms with Crippen LogP contribution in [0.15, 0.2) is 67.3 Å². The minimum absolute atomic E-state index is 0.0315. The topological polar surface area (TPSA) is 103 Å². The Morgan fingerprint density at radius 1 is 1.16 bits per heavy atom. The summed E-state index contributed by atoms with van der Waals surface area (Å²) in [6.07, 6.45) is 7.11. The van der Waals surface area contributed by atoms with Gasteiger partial charge in [-0.05, 0) is 69.1 Å². The maximum Gasteiger partial charge on any atom is 0.335 e. The maximum atomic E-state index is 14.4. The van der Waals surface area contributed by atoms with Crippen molar-refractivity contribution in [2.45, 2.75) is 51.9 Å². The first-order valence-corrected chi connectivity index (χ1v) is 14.6. The number of hydrogen-bond acceptors (Lipinski definition) is 6. The lowest BCUT2D eigenvalue weighted by Crippen LogP contribution is -2.33. The molecule has 11 heteroatoms. The van der Waals surface area contributed by atoms with Crippen LogP contribution in [0.5, 0.6) is 5.88 Å². The van der Waals surface area contributed by atoms with Gasteiger partial charge in [0.2, 0.25) is 5.88 Å². The number of halogens is 1. The van der Waals surface area contributed by atoms with E-state index >= 15 is 0 Å². The van der Waals surface area contributed by atoms with E-state index in [0.717, 1.165) is 60.6 Å². The molecule has 0 amide bonds. The summed E-state index contributed by atoms with van der Waals surface area (Å²) in [5.74, 6) is 0.183. The summed E-state index contributed by atoms with van der Waals surface area (Å²) in [6.45, 7) is 12.8. The summed E-state index contributed by atoms with van der Waals surface area (Å²) in [5.41, 5.74) is 4.45. The number of hydrogen-bond donors (Lipinski definition) is 1. The summed E-state index contributed by atoms with van der Waals surface area (Å²) in [5, 5.41) is 9.61. The number of likely N-dealkylation sites (tertiary alicyclic amines) is 1. The SMILES string of the molecule is [C-]#[N+]c1ccc(COc2ncccc2C2CCN(Cc3nc4ccc(C(=O)O)cc4n3Cc3cncn3CC)CC2)c(F)c1. The molecule has 4 heterocycles. The number of rotatable bonds is 10. The van der Waals surface area contributed by atoms with Gasteiger partial charge in [0, 0.05) is 30.1 Å². The van der Waals surface area contributed by atoms with E-state index in [9.17, 15) is 14.3 Å². The average molecular weight is 594 g/mol. The number of carboxylic acids is 1. The normalized spacial score (nSPS) is 14.1. The smallest absolute Gasteiger partial charge is 0.335 e. The van der Waals surface area contributed by atoms with Crippen LogP contribution in [0.2, 0.25) is 0 Å². The molecule has 1 saturated heterocycles. The molecule has 0 radical (unpaired) electrons. The number of ether oxygens (including phenoxy) is 1. The van der Waals surface area contributed by atoms with E-state index in [-0.39, 0.29) is 23.8 Å². The Kier molecular flexibility index (Phi) is 8.34. The minimum Gasteiger partial charge on any atom is -0.478 e. The number of fused-ring (bicyclic) bond motifs is 1. The first kappa shape index (κ1) is 29.0. The first-order chi connectivity index (χ1) is 21.4. The predicted molar refractivity (Wildman–Crippen MR) is 162 cm³/mol. The summed E-state index contributed by atoms with van der Waals surface area (Å²) in [6, 6.07) is 13.4. The van der Waals surface area contributed by atoms with E-state index in [1.54, 1.807) is 42.9 Å². The van der Waals surface area contributed by atoms with Gasteiger partial charge in [-0.3, -0.25) is 4.90 Å². The molecule has 5 aromatic rings. The van der Waals surface area contributed by atoms with Gasteiger partial charge in [-0.25, -0.2) is 29.0 Å². The third-order valence-corrected chi connectivity index (χ3v) is 8.26. The quantitative estimate of drug-likeness (QED) is 0.197. The van der Waals surface area contributed by atoms with Gasteiger partial charge in [-0.15, -0.1) is 0 Å². The molecule has 0 atom stereocenters. The molecular formula is C33H32FN7O3. The number of carbonyl (C=O) groups is 1. The highest BCUT2D eigenvalue weighted by molar-refractivity contribution is 5.92. The van der Waals surface area contributed by atoms with Crippen LogP contribution in [0, 0.1) is 12.4 Å². The van der Waals surface area contributed by atoms with E-state index in [1.807, 2.05) is 18.3 Å². The Labute approximate surface area is 254 Å². The van der Waals surface area contributed by atoms with Gasteiger partial charge in [0.05, 0.1) is 48.3 Å². The van der Waals surface area contributed by atoms with Crippen molar-refractivity contribution in [3.8, 4) is 5.88 Å². The monoisotopic (exact) mass is 593 g/mol. The highest BCUT2D eigenvalue weighted by Crippen LogP contribution is 2.34. The largest absolute Gasteiger partial charge is 0.478 e. The van der Waals surface area contributed by atoms with Crippen LogP contribution < -0.4 is 4.74 Å². The van der Waals surface area contributed by atoms with E-state index in [2.05, 4.69) is 35.8 Å². The molecule has 44 heavy (non-hydrogen) atoms. The van der Waals surface area contributed by atoms with Crippen LogP contribution in [0.4, 0.5) is 10.1 Å². The second-order valence-corrected chi connectivity index (χ2v) is 10.9. The van der Waals surface area contributed by atoms with Crippen molar-refractivity contribution in [3.05, 3.63) is 113 Å². The number of benzene rings is 2. The zero-order valence-corrected chi connectivity index (χ0v) is 24.4. The number of pyridine rings is 1. The molecule has 0 spiro atoms. The summed E-state index contributed by atoms with van der Waals surface area (Å²) in [7, 11) is 0. The van der Waals surface area contributed by atoms with Gasteiger partial charge >= 0.3 is 5.97 Å². The van der Waals surface area contributed by atoms with Crippen LogP contribution in [0.1, 0.15) is 58.7 Å². The Morgan fingerprint density at radius 3 is 2.75 bits per heavy atom. The maximum absolute atomic E-state index is 14.4. The molecule has 10 nitrogen and oxygen atoms in total. The molecule has 1 aliphatic heterocycles. The number of aromatic nitrogens is 5. The third kappa shape index (κ3) is 6.02. The van der Waals surface area contributed by atoms with Crippen molar-refractivity contribution in [1.82, 2.24) is 29.0 Å². The number of imidazole rings is 2. The fourth-order valence-corrected chi connectivity index (χ4v) is 5.83. The van der Waals surface area contributed by atoms with Gasteiger partial charge in [0.25, 0.3) is 0 Å². The molecule has 0 bridgehead atoms. The summed E-state index contributed by atoms with van der Waals surface area (Å²) in [4.78, 5) is 31.1. The van der Waals surface area contributed by atoms with Crippen molar-refractivity contribution in [3.63, 3.8) is 0 Å². The Balaban J connectivity index is 1.17. The van der Waals surface area contributed by atoms with Crippen LogP contribution >= 0.6 is 0 Å². The van der Waals surface area contributed by atoms with E-state index in [4.69, 9.17) is 16.3 Å². The number of nitrogens with zero attached hydrogens (tertiary/aromatic N) is 7. The number of aryl methyl sites for hydroxylation is 1. The van der Waals surface area contributed by atoms with Gasteiger partial charge in [-0.1, -0.05) is 18.2 Å². The second-order valence-electron chi connectivity index (χ2n) is 10.9. The van der Waals surface area contributed by atoms with Crippen LogP contribution in [0.25, 0.3) is 15.9 Å². The van der Waals surface area contributed by atoms with E-state index < -0.39 is 11.8 Å². The van der Waals surface area contributed by atoms with Gasteiger partial charge in [0.1, 0.15) is 18.2 Å². The Hall–Kier alpha value is -5.08. The van der Waals surface area contributed by atoms with Crippen LogP contribution in [-0.2, 0) is 26.2 Å². The van der Waals surface area contributed by atoms with Crippen molar-refractivity contribution >= 4 is 22.7 Å². The predicted octanol–water partition coefficient (Wildman–Crippen LogP) is 6.04. The number of aromatic carboxylic acids is 1. The second kappa shape index (κ2) is 12.7. The van der Waals surface area contributed by atoms with E-state index in [0.29, 0.717) is 24.5 Å². The lowest BCUT2D eigenvalue weighted by atomic mass is 9.90. The van der Waals surface area contributed by atoms with Crippen molar-refractivity contribution in [2.75, 3.05) is 13.1 Å².